The summed E-state index contributed by atoms with van der Waals surface area (Å²) in [5.74, 6) is 0.385. The van der Waals surface area contributed by atoms with E-state index >= 15 is 0 Å². The van der Waals surface area contributed by atoms with Crippen LogP contribution in [0, 0.1) is 0 Å². The summed E-state index contributed by atoms with van der Waals surface area (Å²) in [6.07, 6.45) is 2.31. The van der Waals surface area contributed by atoms with Crippen molar-refractivity contribution < 1.29 is 0 Å². The number of benzene rings is 1. The van der Waals surface area contributed by atoms with Gasteiger partial charge in [0.2, 0.25) is 0 Å². The lowest BCUT2D eigenvalue weighted by molar-refractivity contribution is 0.651. The number of rotatable bonds is 4. The molecule has 0 heterocycles. The molecule has 0 aliphatic rings. The van der Waals surface area contributed by atoms with Crippen molar-refractivity contribution in [3.05, 3.63) is 33.8 Å². The molecule has 84 valence electrons. The van der Waals surface area contributed by atoms with Crippen molar-refractivity contribution >= 4 is 39.1 Å². The van der Waals surface area contributed by atoms with E-state index in [1.54, 1.807) is 0 Å². The van der Waals surface area contributed by atoms with Gasteiger partial charge >= 0.3 is 0 Å². The topological polar surface area (TPSA) is 0 Å². The number of hydrogen-bond acceptors (Lipinski definition) is 0. The van der Waals surface area contributed by atoms with Crippen molar-refractivity contribution in [1.29, 1.82) is 0 Å². The van der Waals surface area contributed by atoms with Crippen LogP contribution in [0.1, 0.15) is 38.2 Å². The first-order chi connectivity index (χ1) is 7.07. The van der Waals surface area contributed by atoms with Crippen molar-refractivity contribution in [2.45, 2.75) is 37.4 Å². The number of alkyl halides is 1. The van der Waals surface area contributed by atoms with Crippen molar-refractivity contribution in [1.82, 2.24) is 0 Å². The first-order valence-corrected chi connectivity index (χ1v) is 6.83. The van der Waals surface area contributed by atoms with E-state index in [0.29, 0.717) is 20.8 Å². The quantitative estimate of drug-likeness (QED) is 0.629. The molecule has 0 aromatic heterocycles. The van der Waals surface area contributed by atoms with Crippen LogP contribution in [0.2, 0.25) is 10.0 Å². The largest absolute Gasteiger partial charge is 0.0884 e. The van der Waals surface area contributed by atoms with Gasteiger partial charge in [0.15, 0.2) is 0 Å². The van der Waals surface area contributed by atoms with E-state index in [1.165, 1.54) is 6.42 Å². The molecule has 3 heteroatoms. The number of hydrogen-bond donors (Lipinski definition) is 0. The van der Waals surface area contributed by atoms with Crippen LogP contribution in [0.15, 0.2) is 18.2 Å². The zero-order chi connectivity index (χ0) is 11.4. The van der Waals surface area contributed by atoms with Crippen LogP contribution in [0.4, 0.5) is 0 Å². The lowest BCUT2D eigenvalue weighted by Gasteiger charge is -2.19. The van der Waals surface area contributed by atoms with E-state index in [2.05, 4.69) is 29.8 Å². The predicted molar refractivity (Wildman–Crippen MR) is 72.5 cm³/mol. The zero-order valence-electron chi connectivity index (χ0n) is 8.93. The van der Waals surface area contributed by atoms with Crippen molar-refractivity contribution in [2.75, 3.05) is 0 Å². The van der Waals surface area contributed by atoms with Crippen LogP contribution < -0.4 is 0 Å². The zero-order valence-corrected chi connectivity index (χ0v) is 12.0. The SMILES string of the molecule is CCCC(Br)C(C)c1cccc(Cl)c1Cl. The second-order valence-electron chi connectivity index (χ2n) is 3.74. The van der Waals surface area contributed by atoms with Gasteiger partial charge in [-0.1, -0.05) is 71.5 Å². The molecule has 2 atom stereocenters. The molecule has 1 aromatic rings. The first-order valence-electron chi connectivity index (χ1n) is 5.15. The normalized spacial score (nSPS) is 15.0. The molecule has 0 saturated carbocycles. The Labute approximate surface area is 110 Å². The summed E-state index contributed by atoms with van der Waals surface area (Å²) < 4.78 is 0. The maximum atomic E-state index is 6.18. The molecule has 0 N–H and O–H groups in total. The van der Waals surface area contributed by atoms with E-state index in [-0.39, 0.29) is 0 Å². The summed E-state index contributed by atoms with van der Waals surface area (Å²) in [4.78, 5) is 0.457. The van der Waals surface area contributed by atoms with Crippen LogP contribution in [-0.2, 0) is 0 Å². The summed E-state index contributed by atoms with van der Waals surface area (Å²) in [5, 5.41) is 1.32. The van der Waals surface area contributed by atoms with Gasteiger partial charge in [0.1, 0.15) is 0 Å². The predicted octanol–water partition coefficient (Wildman–Crippen LogP) is 5.66. The van der Waals surface area contributed by atoms with Gasteiger partial charge in [-0.15, -0.1) is 0 Å². The Morgan fingerprint density at radius 1 is 1.33 bits per heavy atom. The maximum absolute atomic E-state index is 6.18. The summed E-state index contributed by atoms with van der Waals surface area (Å²) >= 11 is 15.9. The van der Waals surface area contributed by atoms with E-state index in [4.69, 9.17) is 23.2 Å². The smallest absolute Gasteiger partial charge is 0.0627 e. The van der Waals surface area contributed by atoms with Gasteiger partial charge < -0.3 is 0 Å². The van der Waals surface area contributed by atoms with E-state index < -0.39 is 0 Å². The third-order valence-corrected chi connectivity index (χ3v) is 4.66. The summed E-state index contributed by atoms with van der Waals surface area (Å²) in [5.41, 5.74) is 1.12. The summed E-state index contributed by atoms with van der Waals surface area (Å²) in [6, 6.07) is 5.82. The Morgan fingerprint density at radius 3 is 2.60 bits per heavy atom. The van der Waals surface area contributed by atoms with Gasteiger partial charge in [0.25, 0.3) is 0 Å². The Bertz CT molecular complexity index is 325. The van der Waals surface area contributed by atoms with E-state index in [9.17, 15) is 0 Å². The molecule has 1 aromatic carbocycles. The number of halogens is 3. The second kappa shape index (κ2) is 6.12. The minimum Gasteiger partial charge on any atom is -0.0884 e. The first kappa shape index (κ1) is 13.3. The van der Waals surface area contributed by atoms with Gasteiger partial charge in [-0.3, -0.25) is 0 Å². The van der Waals surface area contributed by atoms with Crippen LogP contribution >= 0.6 is 39.1 Å². The summed E-state index contributed by atoms with van der Waals surface area (Å²) in [7, 11) is 0. The van der Waals surface area contributed by atoms with E-state index in [1.807, 2.05) is 18.2 Å². The van der Waals surface area contributed by atoms with Gasteiger partial charge in [-0.05, 0) is 24.0 Å². The van der Waals surface area contributed by atoms with Gasteiger partial charge in [0.05, 0.1) is 10.0 Å². The fourth-order valence-corrected chi connectivity index (χ4v) is 2.82. The second-order valence-corrected chi connectivity index (χ2v) is 5.70. The van der Waals surface area contributed by atoms with Crippen molar-refractivity contribution in [3.63, 3.8) is 0 Å². The highest BCUT2D eigenvalue weighted by atomic mass is 79.9. The molecular weight excluding hydrogens is 295 g/mol. The fraction of sp³-hybridized carbons (Fsp3) is 0.500. The lowest BCUT2D eigenvalue weighted by Crippen LogP contribution is -2.09. The molecule has 0 bridgehead atoms. The molecule has 0 saturated heterocycles. The monoisotopic (exact) mass is 308 g/mol. The minimum atomic E-state index is 0.385. The standard InChI is InChI=1S/C12H15BrCl2/c1-3-5-10(13)8(2)9-6-4-7-11(14)12(9)15/h4,6-8,10H,3,5H2,1-2H3. The lowest BCUT2D eigenvalue weighted by atomic mass is 9.95. The average molecular weight is 310 g/mol. The third-order valence-electron chi connectivity index (χ3n) is 2.58. The highest BCUT2D eigenvalue weighted by Gasteiger charge is 2.18. The maximum Gasteiger partial charge on any atom is 0.0627 e. The molecule has 0 nitrogen and oxygen atoms in total. The Hall–Kier alpha value is 0.280. The molecular formula is C12H15BrCl2. The van der Waals surface area contributed by atoms with Crippen LogP contribution in [0.25, 0.3) is 0 Å². The molecule has 15 heavy (non-hydrogen) atoms. The van der Waals surface area contributed by atoms with Crippen LogP contribution in [0.3, 0.4) is 0 Å². The Balaban J connectivity index is 2.90. The van der Waals surface area contributed by atoms with Crippen molar-refractivity contribution in [2.24, 2.45) is 0 Å². The molecule has 2 unspecified atom stereocenters. The molecule has 1 rings (SSSR count). The molecule has 0 aliphatic carbocycles. The highest BCUT2D eigenvalue weighted by Crippen LogP contribution is 2.35. The van der Waals surface area contributed by atoms with Gasteiger partial charge in [0, 0.05) is 4.83 Å². The van der Waals surface area contributed by atoms with Crippen LogP contribution in [-0.4, -0.2) is 4.83 Å². The Kier molecular flexibility index (Phi) is 5.45. The van der Waals surface area contributed by atoms with E-state index in [0.717, 1.165) is 12.0 Å². The van der Waals surface area contributed by atoms with Gasteiger partial charge in [-0.25, -0.2) is 0 Å². The fourth-order valence-electron chi connectivity index (χ4n) is 1.59. The Morgan fingerprint density at radius 2 is 2.00 bits per heavy atom. The molecule has 0 radical (unpaired) electrons. The molecule has 0 amide bonds. The van der Waals surface area contributed by atoms with Gasteiger partial charge in [-0.2, -0.15) is 0 Å². The highest BCUT2D eigenvalue weighted by molar-refractivity contribution is 9.09. The van der Waals surface area contributed by atoms with Crippen LogP contribution in [0.5, 0.6) is 0 Å². The molecule has 0 aliphatic heterocycles. The third kappa shape index (κ3) is 3.37. The molecule has 0 spiro atoms. The summed E-state index contributed by atoms with van der Waals surface area (Å²) in [6.45, 7) is 4.35. The van der Waals surface area contributed by atoms with Crippen molar-refractivity contribution in [3.8, 4) is 0 Å². The average Bonchev–Trinajstić information content (AvgIpc) is 2.21. The molecule has 0 fully saturated rings. The minimum absolute atomic E-state index is 0.385.